The van der Waals surface area contributed by atoms with Crippen molar-refractivity contribution >= 4 is 23.0 Å². The Morgan fingerprint density at radius 1 is 1.38 bits per heavy atom. The molecule has 0 spiro atoms. The van der Waals surface area contributed by atoms with Crippen molar-refractivity contribution in [3.63, 3.8) is 0 Å². The van der Waals surface area contributed by atoms with Gasteiger partial charge in [-0.15, -0.1) is 0 Å². The van der Waals surface area contributed by atoms with Crippen molar-refractivity contribution in [2.24, 2.45) is 0 Å². The van der Waals surface area contributed by atoms with E-state index >= 15 is 0 Å². The minimum absolute atomic E-state index is 0.0810. The molecule has 2 aromatic heterocycles. The van der Waals surface area contributed by atoms with E-state index in [1.165, 1.54) is 0 Å². The number of carbonyl (C=O) groups is 2. The summed E-state index contributed by atoms with van der Waals surface area (Å²) in [5.41, 5.74) is 0.416. The third-order valence-electron chi connectivity index (χ3n) is 3.85. The smallest absolute Gasteiger partial charge is 0.410 e. The Kier molecular flexibility index (Phi) is 2.56. The first-order valence-electron chi connectivity index (χ1n) is 6.67. The zero-order valence-electron chi connectivity index (χ0n) is 11.1. The predicted molar refractivity (Wildman–Crippen MR) is 69.5 cm³/mol. The largest absolute Gasteiger partial charge is 0.447 e. The molecular weight excluding hydrogens is 276 g/mol. The van der Waals surface area contributed by atoms with E-state index in [4.69, 9.17) is 9.26 Å². The van der Waals surface area contributed by atoms with Crippen molar-refractivity contribution in [3.8, 4) is 0 Å². The van der Waals surface area contributed by atoms with Crippen molar-refractivity contribution in [2.45, 2.75) is 6.04 Å². The number of piperazine rings is 1. The van der Waals surface area contributed by atoms with Crippen LogP contribution in [-0.2, 0) is 4.74 Å². The number of rotatable bonds is 1. The van der Waals surface area contributed by atoms with Crippen LogP contribution in [0, 0.1) is 0 Å². The minimum atomic E-state index is -0.304. The van der Waals surface area contributed by atoms with Crippen molar-refractivity contribution < 1.29 is 18.8 Å². The lowest BCUT2D eigenvalue weighted by atomic mass is 10.1. The number of cyclic esters (lactones) is 1. The Morgan fingerprint density at radius 3 is 3.19 bits per heavy atom. The average Bonchev–Trinajstić information content (AvgIpc) is 3.10. The molecule has 0 bridgehead atoms. The SMILES string of the molecule is O=C(c1onc2ncccc12)N1CCN2C(=O)OCC2C1. The van der Waals surface area contributed by atoms with Gasteiger partial charge in [-0.05, 0) is 12.1 Å². The molecule has 0 aromatic carbocycles. The van der Waals surface area contributed by atoms with Crippen LogP contribution in [0.4, 0.5) is 4.79 Å². The van der Waals surface area contributed by atoms with Gasteiger partial charge in [0, 0.05) is 25.8 Å². The summed E-state index contributed by atoms with van der Waals surface area (Å²) in [6, 6.07) is 3.41. The van der Waals surface area contributed by atoms with Crippen LogP contribution >= 0.6 is 0 Å². The summed E-state index contributed by atoms with van der Waals surface area (Å²) in [4.78, 5) is 31.4. The molecule has 4 heterocycles. The highest BCUT2D eigenvalue weighted by molar-refractivity contribution is 6.02. The first kappa shape index (κ1) is 12.1. The molecule has 2 amide bonds. The van der Waals surface area contributed by atoms with Crippen LogP contribution in [-0.4, -0.2) is 64.2 Å². The van der Waals surface area contributed by atoms with Gasteiger partial charge in [-0.25, -0.2) is 9.78 Å². The number of nitrogens with zero attached hydrogens (tertiary/aromatic N) is 4. The molecule has 2 saturated heterocycles. The second-order valence-corrected chi connectivity index (χ2v) is 5.06. The van der Waals surface area contributed by atoms with Crippen LogP contribution in [0.2, 0.25) is 0 Å². The molecule has 2 aliphatic rings. The standard InChI is InChI=1S/C13H12N4O4/c18-12(10-9-2-1-3-14-11(9)15-21-10)16-4-5-17-8(6-16)7-20-13(17)19/h1-3,8H,4-7H2. The molecular formula is C13H12N4O4. The molecule has 0 N–H and O–H groups in total. The van der Waals surface area contributed by atoms with Gasteiger partial charge in [-0.2, -0.15) is 0 Å². The lowest BCUT2D eigenvalue weighted by molar-refractivity contribution is 0.0580. The molecule has 8 nitrogen and oxygen atoms in total. The maximum absolute atomic E-state index is 12.6. The van der Waals surface area contributed by atoms with Gasteiger partial charge in [0.2, 0.25) is 11.4 Å². The van der Waals surface area contributed by atoms with Crippen molar-refractivity contribution in [1.29, 1.82) is 0 Å². The quantitative estimate of drug-likeness (QED) is 0.759. The van der Waals surface area contributed by atoms with Gasteiger partial charge < -0.3 is 14.2 Å². The number of aromatic nitrogens is 2. The molecule has 2 aromatic rings. The molecule has 4 rings (SSSR count). The Balaban J connectivity index is 1.59. The molecule has 2 aliphatic heterocycles. The Hall–Kier alpha value is -2.64. The van der Waals surface area contributed by atoms with E-state index < -0.39 is 0 Å². The van der Waals surface area contributed by atoms with E-state index in [1.807, 2.05) is 0 Å². The maximum Gasteiger partial charge on any atom is 0.410 e. The molecule has 2 fully saturated rings. The maximum atomic E-state index is 12.6. The first-order valence-corrected chi connectivity index (χ1v) is 6.67. The Morgan fingerprint density at radius 2 is 2.29 bits per heavy atom. The molecule has 1 unspecified atom stereocenters. The summed E-state index contributed by atoms with van der Waals surface area (Å²) in [6.45, 7) is 1.68. The second kappa shape index (κ2) is 4.44. The summed E-state index contributed by atoms with van der Waals surface area (Å²) >= 11 is 0. The third kappa shape index (κ3) is 1.83. The van der Waals surface area contributed by atoms with Crippen LogP contribution < -0.4 is 0 Å². The lowest BCUT2D eigenvalue weighted by Gasteiger charge is -2.34. The van der Waals surface area contributed by atoms with Crippen LogP contribution in [0.15, 0.2) is 22.9 Å². The van der Waals surface area contributed by atoms with Crippen LogP contribution in [0.1, 0.15) is 10.6 Å². The summed E-state index contributed by atoms with van der Waals surface area (Å²) in [6.07, 6.45) is 1.29. The monoisotopic (exact) mass is 288 g/mol. The first-order chi connectivity index (χ1) is 10.2. The topological polar surface area (TPSA) is 88.8 Å². The highest BCUT2D eigenvalue weighted by Gasteiger charge is 2.39. The average molecular weight is 288 g/mol. The summed E-state index contributed by atoms with van der Waals surface area (Å²) in [7, 11) is 0. The number of amides is 2. The van der Waals surface area contributed by atoms with Gasteiger partial charge in [-0.1, -0.05) is 5.16 Å². The van der Waals surface area contributed by atoms with Gasteiger partial charge in [0.1, 0.15) is 6.61 Å². The molecule has 0 aliphatic carbocycles. The van der Waals surface area contributed by atoms with Gasteiger partial charge >= 0.3 is 6.09 Å². The van der Waals surface area contributed by atoms with Crippen molar-refractivity contribution in [2.75, 3.05) is 26.2 Å². The van der Waals surface area contributed by atoms with Gasteiger partial charge in [0.05, 0.1) is 11.4 Å². The fourth-order valence-corrected chi connectivity index (χ4v) is 2.76. The highest BCUT2D eigenvalue weighted by atomic mass is 16.6. The van der Waals surface area contributed by atoms with Gasteiger partial charge in [-0.3, -0.25) is 9.69 Å². The molecule has 8 heteroatoms. The summed E-state index contributed by atoms with van der Waals surface area (Å²) in [5, 5.41) is 4.39. The second-order valence-electron chi connectivity index (χ2n) is 5.06. The zero-order chi connectivity index (χ0) is 14.4. The van der Waals surface area contributed by atoms with E-state index in [0.717, 1.165) is 0 Å². The van der Waals surface area contributed by atoms with Crippen LogP contribution in [0.25, 0.3) is 11.0 Å². The normalized spacial score (nSPS) is 21.5. The molecule has 0 radical (unpaired) electrons. The van der Waals surface area contributed by atoms with Gasteiger partial charge in [0.15, 0.2) is 0 Å². The number of ether oxygens (including phenoxy) is 1. The summed E-state index contributed by atoms with van der Waals surface area (Å²) < 4.78 is 10.1. The number of hydrogen-bond acceptors (Lipinski definition) is 6. The minimum Gasteiger partial charge on any atom is -0.447 e. The predicted octanol–water partition coefficient (Wildman–Crippen LogP) is 0.499. The van der Waals surface area contributed by atoms with Crippen molar-refractivity contribution in [1.82, 2.24) is 19.9 Å². The van der Waals surface area contributed by atoms with Gasteiger partial charge in [0.25, 0.3) is 5.91 Å². The van der Waals surface area contributed by atoms with E-state index in [-0.39, 0.29) is 23.8 Å². The Labute approximate surface area is 119 Å². The number of hydrogen-bond donors (Lipinski definition) is 0. The van der Waals surface area contributed by atoms with E-state index in [2.05, 4.69) is 10.1 Å². The van der Waals surface area contributed by atoms with Crippen LogP contribution in [0.3, 0.4) is 0 Å². The third-order valence-corrected chi connectivity index (χ3v) is 3.85. The van der Waals surface area contributed by atoms with Crippen molar-refractivity contribution in [3.05, 3.63) is 24.1 Å². The number of pyridine rings is 1. The van der Waals surface area contributed by atoms with E-state index in [0.29, 0.717) is 37.3 Å². The number of fused-ring (bicyclic) bond motifs is 2. The Bertz CT molecular complexity index is 728. The highest BCUT2D eigenvalue weighted by Crippen LogP contribution is 2.22. The summed E-state index contributed by atoms with van der Waals surface area (Å²) in [5.74, 6) is -0.0405. The molecule has 0 saturated carbocycles. The fraction of sp³-hybridized carbons (Fsp3) is 0.385. The lowest BCUT2D eigenvalue weighted by Crippen LogP contribution is -2.53. The molecule has 1 atom stereocenters. The zero-order valence-corrected chi connectivity index (χ0v) is 11.1. The van der Waals surface area contributed by atoms with E-state index in [1.54, 1.807) is 28.1 Å². The molecule has 21 heavy (non-hydrogen) atoms. The molecule has 108 valence electrons. The van der Waals surface area contributed by atoms with Crippen LogP contribution in [0.5, 0.6) is 0 Å². The fourth-order valence-electron chi connectivity index (χ4n) is 2.76. The van der Waals surface area contributed by atoms with E-state index in [9.17, 15) is 9.59 Å². The number of carbonyl (C=O) groups excluding carboxylic acids is 2.